The first-order valence-corrected chi connectivity index (χ1v) is 6.43. The smallest absolute Gasteiger partial charge is 0.315 e. The van der Waals surface area contributed by atoms with Gasteiger partial charge >= 0.3 is 12.0 Å². The maximum atomic E-state index is 11.4. The van der Waals surface area contributed by atoms with E-state index in [2.05, 4.69) is 10.6 Å². The fourth-order valence-electron chi connectivity index (χ4n) is 1.49. The highest BCUT2D eigenvalue weighted by Gasteiger charge is 2.01. The molecule has 3 N–H and O–H groups in total. The van der Waals surface area contributed by atoms with Crippen LogP contribution in [-0.4, -0.2) is 23.7 Å². The molecule has 0 spiro atoms. The van der Waals surface area contributed by atoms with Crippen LogP contribution in [0, 0.1) is 0 Å². The largest absolute Gasteiger partial charge is 0.481 e. The van der Waals surface area contributed by atoms with Crippen LogP contribution >= 0.6 is 11.6 Å². The Labute approximate surface area is 117 Å². The van der Waals surface area contributed by atoms with Gasteiger partial charge in [-0.3, -0.25) is 4.79 Å². The van der Waals surface area contributed by atoms with Crippen LogP contribution in [0.25, 0.3) is 0 Å². The highest BCUT2D eigenvalue weighted by molar-refractivity contribution is 6.30. The summed E-state index contributed by atoms with van der Waals surface area (Å²) < 4.78 is 0. The number of carbonyl (C=O) groups is 2. The van der Waals surface area contributed by atoms with Crippen molar-refractivity contribution < 1.29 is 14.7 Å². The van der Waals surface area contributed by atoms with E-state index in [4.69, 9.17) is 16.7 Å². The summed E-state index contributed by atoms with van der Waals surface area (Å²) in [4.78, 5) is 21.7. The molecule has 2 amide bonds. The van der Waals surface area contributed by atoms with Gasteiger partial charge in [-0.25, -0.2) is 4.79 Å². The number of hydrogen-bond donors (Lipinski definition) is 3. The summed E-state index contributed by atoms with van der Waals surface area (Å²) >= 11 is 5.83. The second-order valence-corrected chi connectivity index (χ2v) is 4.53. The lowest BCUT2D eigenvalue weighted by Gasteiger charge is -2.07. The first-order valence-electron chi connectivity index (χ1n) is 6.06. The number of carbonyl (C=O) groups excluding carboxylic acids is 1. The number of aliphatic carboxylic acids is 1. The van der Waals surface area contributed by atoms with Crippen molar-refractivity contribution >= 4 is 23.6 Å². The van der Waals surface area contributed by atoms with Crippen molar-refractivity contribution in [3.63, 3.8) is 0 Å². The van der Waals surface area contributed by atoms with Crippen molar-refractivity contribution in [1.29, 1.82) is 0 Å². The molecule has 0 radical (unpaired) electrons. The molecule has 0 aliphatic rings. The van der Waals surface area contributed by atoms with Crippen LogP contribution in [0.1, 0.15) is 24.8 Å². The summed E-state index contributed by atoms with van der Waals surface area (Å²) in [6.45, 7) is 0.871. The quantitative estimate of drug-likeness (QED) is 0.673. The van der Waals surface area contributed by atoms with Crippen molar-refractivity contribution in [3.8, 4) is 0 Å². The van der Waals surface area contributed by atoms with E-state index in [1.54, 1.807) is 12.1 Å². The summed E-state index contributed by atoms with van der Waals surface area (Å²) in [5.74, 6) is -0.814. The van der Waals surface area contributed by atoms with E-state index in [1.165, 1.54) is 0 Å². The van der Waals surface area contributed by atoms with Crippen molar-refractivity contribution in [3.05, 3.63) is 34.9 Å². The number of urea groups is 1. The molecular formula is C13H17ClN2O3. The molecule has 1 aromatic rings. The molecule has 6 heteroatoms. The first kappa shape index (κ1) is 15.3. The third-order valence-electron chi connectivity index (χ3n) is 2.45. The Balaban J connectivity index is 2.13. The summed E-state index contributed by atoms with van der Waals surface area (Å²) in [6.07, 6.45) is 1.34. The molecule has 0 saturated heterocycles. The van der Waals surface area contributed by atoms with Gasteiger partial charge < -0.3 is 15.7 Å². The lowest BCUT2D eigenvalue weighted by molar-refractivity contribution is -0.137. The van der Waals surface area contributed by atoms with Gasteiger partial charge in [-0.05, 0) is 30.5 Å². The lowest BCUT2D eigenvalue weighted by atomic mass is 10.2. The Morgan fingerprint density at radius 1 is 1.21 bits per heavy atom. The second-order valence-electron chi connectivity index (χ2n) is 4.09. The van der Waals surface area contributed by atoms with Gasteiger partial charge in [0, 0.05) is 24.5 Å². The number of rotatable bonds is 7. The van der Waals surface area contributed by atoms with Gasteiger partial charge in [-0.15, -0.1) is 0 Å². The van der Waals surface area contributed by atoms with Gasteiger partial charge in [0.2, 0.25) is 0 Å². The number of halogens is 1. The Morgan fingerprint density at radius 3 is 2.68 bits per heavy atom. The average Bonchev–Trinajstić information content (AvgIpc) is 2.35. The predicted molar refractivity (Wildman–Crippen MR) is 73.2 cm³/mol. The summed E-state index contributed by atoms with van der Waals surface area (Å²) in [6, 6.07) is 6.99. The number of carboxylic acids is 1. The Bertz CT molecular complexity index is 438. The van der Waals surface area contributed by atoms with Crippen LogP contribution in [0.5, 0.6) is 0 Å². The minimum Gasteiger partial charge on any atom is -0.481 e. The molecular weight excluding hydrogens is 268 g/mol. The van der Waals surface area contributed by atoms with Gasteiger partial charge in [0.05, 0.1) is 0 Å². The molecule has 1 rings (SSSR count). The molecule has 0 atom stereocenters. The molecule has 0 aliphatic heterocycles. The van der Waals surface area contributed by atoms with E-state index in [1.807, 2.05) is 12.1 Å². The monoisotopic (exact) mass is 284 g/mol. The maximum Gasteiger partial charge on any atom is 0.315 e. The molecule has 104 valence electrons. The predicted octanol–water partition coefficient (Wildman–Crippen LogP) is 2.39. The summed E-state index contributed by atoms with van der Waals surface area (Å²) in [5, 5.41) is 14.4. The molecule has 0 aliphatic carbocycles. The van der Waals surface area contributed by atoms with E-state index in [0.29, 0.717) is 31.0 Å². The second kappa shape index (κ2) is 8.37. The number of carboxylic acid groups (broad SMARTS) is 1. The van der Waals surface area contributed by atoms with Gasteiger partial charge in [0.1, 0.15) is 0 Å². The molecule has 19 heavy (non-hydrogen) atoms. The van der Waals surface area contributed by atoms with Crippen molar-refractivity contribution in [2.45, 2.75) is 25.8 Å². The maximum absolute atomic E-state index is 11.4. The Kier molecular flexibility index (Phi) is 6.74. The normalized spacial score (nSPS) is 9.95. The SMILES string of the molecule is O=C(O)CCCCNC(=O)NCc1cccc(Cl)c1. The van der Waals surface area contributed by atoms with Crippen LogP contribution < -0.4 is 10.6 Å². The van der Waals surface area contributed by atoms with Gasteiger partial charge in [0.25, 0.3) is 0 Å². The molecule has 0 saturated carbocycles. The minimum atomic E-state index is -0.814. The zero-order chi connectivity index (χ0) is 14.1. The van der Waals surface area contributed by atoms with Crippen LogP contribution in [0.4, 0.5) is 4.79 Å². The third-order valence-corrected chi connectivity index (χ3v) is 2.68. The topological polar surface area (TPSA) is 78.4 Å². The number of amides is 2. The summed E-state index contributed by atoms with van der Waals surface area (Å²) in [5.41, 5.74) is 0.925. The molecule has 0 unspecified atom stereocenters. The van der Waals surface area contributed by atoms with Gasteiger partial charge in [-0.1, -0.05) is 23.7 Å². The molecule has 0 bridgehead atoms. The standard InChI is InChI=1S/C13H17ClN2O3/c14-11-5-3-4-10(8-11)9-16-13(19)15-7-2-1-6-12(17)18/h3-5,8H,1-2,6-7,9H2,(H,17,18)(H2,15,16,19). The van der Waals surface area contributed by atoms with Crippen LogP contribution in [-0.2, 0) is 11.3 Å². The number of benzene rings is 1. The van der Waals surface area contributed by atoms with E-state index < -0.39 is 5.97 Å². The number of unbranched alkanes of at least 4 members (excludes halogenated alkanes) is 1. The molecule has 0 heterocycles. The Morgan fingerprint density at radius 2 is 2.00 bits per heavy atom. The van der Waals surface area contributed by atoms with Gasteiger partial charge in [0.15, 0.2) is 0 Å². The van der Waals surface area contributed by atoms with Crippen LogP contribution in [0.2, 0.25) is 5.02 Å². The fraction of sp³-hybridized carbons (Fsp3) is 0.385. The fourth-order valence-corrected chi connectivity index (χ4v) is 1.71. The van der Waals surface area contributed by atoms with Crippen molar-refractivity contribution in [2.75, 3.05) is 6.54 Å². The van der Waals surface area contributed by atoms with Crippen LogP contribution in [0.3, 0.4) is 0 Å². The highest BCUT2D eigenvalue weighted by atomic mass is 35.5. The molecule has 0 aromatic heterocycles. The van der Waals surface area contributed by atoms with E-state index in [-0.39, 0.29) is 12.5 Å². The van der Waals surface area contributed by atoms with E-state index in [9.17, 15) is 9.59 Å². The molecule has 1 aromatic carbocycles. The zero-order valence-electron chi connectivity index (χ0n) is 10.5. The highest BCUT2D eigenvalue weighted by Crippen LogP contribution is 2.10. The first-order chi connectivity index (χ1) is 9.08. The van der Waals surface area contributed by atoms with E-state index >= 15 is 0 Å². The van der Waals surface area contributed by atoms with Gasteiger partial charge in [-0.2, -0.15) is 0 Å². The van der Waals surface area contributed by atoms with Crippen LogP contribution in [0.15, 0.2) is 24.3 Å². The Hall–Kier alpha value is -1.75. The minimum absolute atomic E-state index is 0.131. The van der Waals surface area contributed by atoms with E-state index in [0.717, 1.165) is 5.56 Å². The number of nitrogens with one attached hydrogen (secondary N) is 2. The zero-order valence-corrected chi connectivity index (χ0v) is 11.2. The van der Waals surface area contributed by atoms with Crippen molar-refractivity contribution in [1.82, 2.24) is 10.6 Å². The lowest BCUT2D eigenvalue weighted by Crippen LogP contribution is -2.35. The molecule has 5 nitrogen and oxygen atoms in total. The molecule has 0 fully saturated rings. The summed E-state index contributed by atoms with van der Waals surface area (Å²) in [7, 11) is 0. The average molecular weight is 285 g/mol. The number of hydrogen-bond acceptors (Lipinski definition) is 2. The van der Waals surface area contributed by atoms with Crippen molar-refractivity contribution in [2.24, 2.45) is 0 Å². The third kappa shape index (κ3) is 7.31.